The Bertz CT molecular complexity index is 719. The highest BCUT2D eigenvalue weighted by atomic mass is 32.2. The average molecular weight is 383 g/mol. The monoisotopic (exact) mass is 382 g/mol. The van der Waals surface area contributed by atoms with E-state index in [2.05, 4.69) is 10.3 Å². The van der Waals surface area contributed by atoms with Gasteiger partial charge in [-0.2, -0.15) is 0 Å². The molecule has 1 amide bonds. The quantitative estimate of drug-likeness (QED) is 0.719. The Morgan fingerprint density at radius 3 is 2.44 bits per heavy atom. The maximum absolute atomic E-state index is 12.0. The summed E-state index contributed by atoms with van der Waals surface area (Å²) < 4.78 is 15.9. The van der Waals surface area contributed by atoms with Crippen LogP contribution >= 0.6 is 23.1 Å². The smallest absolute Gasteiger partial charge is 0.230 e. The summed E-state index contributed by atoms with van der Waals surface area (Å²) in [7, 11) is 4.72. The molecule has 2 aromatic rings. The Morgan fingerprint density at radius 1 is 1.16 bits per heavy atom. The third kappa shape index (κ3) is 5.54. The van der Waals surface area contributed by atoms with Crippen molar-refractivity contribution >= 4 is 29.0 Å². The van der Waals surface area contributed by atoms with Gasteiger partial charge in [0.25, 0.3) is 0 Å². The molecule has 1 N–H and O–H groups in total. The molecule has 0 atom stereocenters. The molecule has 6 nitrogen and oxygen atoms in total. The largest absolute Gasteiger partial charge is 0.496 e. The predicted molar refractivity (Wildman–Crippen MR) is 101 cm³/mol. The van der Waals surface area contributed by atoms with Gasteiger partial charge in [-0.25, -0.2) is 4.98 Å². The number of rotatable bonds is 9. The molecular formula is C17H22N2O4S2. The van der Waals surface area contributed by atoms with Gasteiger partial charge in [-0.1, -0.05) is 0 Å². The number of amides is 1. The van der Waals surface area contributed by atoms with E-state index in [1.807, 2.05) is 18.4 Å². The van der Waals surface area contributed by atoms with Crippen LogP contribution in [0.3, 0.4) is 0 Å². The van der Waals surface area contributed by atoms with Crippen molar-refractivity contribution in [1.29, 1.82) is 0 Å². The molecule has 0 aliphatic carbocycles. The van der Waals surface area contributed by atoms with E-state index in [4.69, 9.17) is 14.2 Å². The van der Waals surface area contributed by atoms with Gasteiger partial charge in [0, 0.05) is 29.3 Å². The molecule has 0 fully saturated rings. The molecule has 2 rings (SSSR count). The van der Waals surface area contributed by atoms with Gasteiger partial charge in [0.05, 0.1) is 37.8 Å². The third-order valence-electron chi connectivity index (χ3n) is 3.41. The van der Waals surface area contributed by atoms with Crippen LogP contribution in [0.4, 0.5) is 0 Å². The minimum atomic E-state index is -0.0335. The molecule has 0 spiro atoms. The van der Waals surface area contributed by atoms with E-state index < -0.39 is 0 Å². The number of ether oxygens (including phenoxy) is 3. The summed E-state index contributed by atoms with van der Waals surface area (Å²) in [5.41, 5.74) is 1.84. The van der Waals surface area contributed by atoms with Gasteiger partial charge in [0.1, 0.15) is 5.75 Å². The van der Waals surface area contributed by atoms with Gasteiger partial charge in [-0.3, -0.25) is 4.79 Å². The number of carbonyl (C=O) groups is 1. The van der Waals surface area contributed by atoms with Crippen molar-refractivity contribution in [3.8, 4) is 17.2 Å². The summed E-state index contributed by atoms with van der Waals surface area (Å²) in [4.78, 5) is 16.4. The van der Waals surface area contributed by atoms with E-state index in [1.54, 1.807) is 50.5 Å². The number of methoxy groups -OCH3 is 3. The standard InChI is InChI=1S/C17H22N2O4S2/c1-11-19-13(9-25-11)8-24-10-17(20)18-7-12-5-15(22-3)16(23-4)6-14(12)21-2/h5-6,9H,7-8,10H2,1-4H3,(H,18,20). The number of aryl methyl sites for hydroxylation is 1. The Labute approximate surface area is 155 Å². The van der Waals surface area contributed by atoms with Crippen LogP contribution in [0.1, 0.15) is 16.3 Å². The van der Waals surface area contributed by atoms with Crippen molar-refractivity contribution in [1.82, 2.24) is 10.3 Å². The minimum Gasteiger partial charge on any atom is -0.496 e. The molecule has 0 aliphatic heterocycles. The summed E-state index contributed by atoms with van der Waals surface area (Å²) in [6.07, 6.45) is 0. The highest BCUT2D eigenvalue weighted by Gasteiger charge is 2.13. The highest BCUT2D eigenvalue weighted by molar-refractivity contribution is 7.99. The number of carbonyl (C=O) groups excluding carboxylic acids is 1. The first-order valence-electron chi connectivity index (χ1n) is 7.61. The lowest BCUT2D eigenvalue weighted by Crippen LogP contribution is -2.25. The summed E-state index contributed by atoms with van der Waals surface area (Å²) in [5.74, 6) is 2.91. The molecule has 1 aromatic heterocycles. The average Bonchev–Trinajstić information content (AvgIpc) is 3.04. The molecule has 25 heavy (non-hydrogen) atoms. The number of benzene rings is 1. The molecule has 136 valence electrons. The van der Waals surface area contributed by atoms with Crippen LogP contribution < -0.4 is 19.5 Å². The van der Waals surface area contributed by atoms with E-state index >= 15 is 0 Å². The van der Waals surface area contributed by atoms with Gasteiger partial charge in [0.15, 0.2) is 11.5 Å². The molecule has 0 radical (unpaired) electrons. The second kappa shape index (κ2) is 9.53. The van der Waals surface area contributed by atoms with Crippen molar-refractivity contribution < 1.29 is 19.0 Å². The normalized spacial score (nSPS) is 10.4. The molecule has 0 saturated heterocycles. The van der Waals surface area contributed by atoms with Gasteiger partial charge in [0.2, 0.25) is 5.91 Å². The number of aromatic nitrogens is 1. The highest BCUT2D eigenvalue weighted by Crippen LogP contribution is 2.34. The molecule has 0 bridgehead atoms. The second-order valence-corrected chi connectivity index (χ2v) is 7.19. The minimum absolute atomic E-state index is 0.0335. The first kappa shape index (κ1) is 19.4. The van der Waals surface area contributed by atoms with Crippen LogP contribution in [0.25, 0.3) is 0 Å². The first-order chi connectivity index (χ1) is 12.1. The van der Waals surface area contributed by atoms with Crippen molar-refractivity contribution in [3.63, 3.8) is 0 Å². The molecule has 0 aliphatic rings. The summed E-state index contributed by atoms with van der Waals surface area (Å²) in [5, 5.41) is 5.96. The van der Waals surface area contributed by atoms with Gasteiger partial charge in [-0.15, -0.1) is 23.1 Å². The van der Waals surface area contributed by atoms with Crippen LogP contribution in [0, 0.1) is 6.92 Å². The SMILES string of the molecule is COc1cc(OC)c(OC)cc1CNC(=O)CSCc1csc(C)n1. The summed E-state index contributed by atoms with van der Waals surface area (Å²) >= 11 is 3.16. The van der Waals surface area contributed by atoms with Crippen molar-refractivity contribution in [3.05, 3.63) is 33.8 Å². The van der Waals surface area contributed by atoms with Crippen LogP contribution in [0.15, 0.2) is 17.5 Å². The number of nitrogens with one attached hydrogen (secondary N) is 1. The Balaban J connectivity index is 1.88. The molecule has 0 unspecified atom stereocenters. The first-order valence-corrected chi connectivity index (χ1v) is 9.65. The fourth-order valence-electron chi connectivity index (χ4n) is 2.20. The van der Waals surface area contributed by atoms with Crippen LogP contribution in [0.2, 0.25) is 0 Å². The molecule has 1 heterocycles. The van der Waals surface area contributed by atoms with Gasteiger partial charge in [-0.05, 0) is 13.0 Å². The molecule has 8 heteroatoms. The lowest BCUT2D eigenvalue weighted by molar-refractivity contribution is -0.118. The van der Waals surface area contributed by atoms with Crippen LogP contribution in [-0.2, 0) is 17.1 Å². The zero-order valence-electron chi connectivity index (χ0n) is 14.8. The van der Waals surface area contributed by atoms with Crippen LogP contribution in [-0.4, -0.2) is 38.0 Å². The van der Waals surface area contributed by atoms with E-state index in [0.717, 1.165) is 22.0 Å². The predicted octanol–water partition coefficient (Wildman–Crippen LogP) is 3.03. The number of nitrogens with zero attached hydrogens (tertiary/aromatic N) is 1. The Kier molecular flexibility index (Phi) is 7.39. The fourth-order valence-corrected chi connectivity index (χ4v) is 3.66. The number of hydrogen-bond acceptors (Lipinski definition) is 7. The zero-order valence-corrected chi connectivity index (χ0v) is 16.4. The molecular weight excluding hydrogens is 360 g/mol. The maximum Gasteiger partial charge on any atom is 0.230 e. The van der Waals surface area contributed by atoms with Crippen LogP contribution in [0.5, 0.6) is 17.2 Å². The number of thioether (sulfide) groups is 1. The number of thiazole rings is 1. The zero-order chi connectivity index (χ0) is 18.2. The van der Waals surface area contributed by atoms with Crippen molar-refractivity contribution in [2.24, 2.45) is 0 Å². The van der Waals surface area contributed by atoms with E-state index in [9.17, 15) is 4.79 Å². The summed E-state index contributed by atoms with van der Waals surface area (Å²) in [6.45, 7) is 2.33. The fraction of sp³-hybridized carbons (Fsp3) is 0.412. The van der Waals surface area contributed by atoms with Crippen molar-refractivity contribution in [2.45, 2.75) is 19.2 Å². The molecule has 1 aromatic carbocycles. The lowest BCUT2D eigenvalue weighted by atomic mass is 10.1. The molecule has 0 saturated carbocycles. The lowest BCUT2D eigenvalue weighted by Gasteiger charge is -2.14. The Morgan fingerprint density at radius 2 is 1.84 bits per heavy atom. The van der Waals surface area contributed by atoms with Gasteiger partial charge < -0.3 is 19.5 Å². The third-order valence-corrected chi connectivity index (χ3v) is 5.20. The van der Waals surface area contributed by atoms with Crippen molar-refractivity contribution in [2.75, 3.05) is 27.1 Å². The maximum atomic E-state index is 12.0. The number of hydrogen-bond donors (Lipinski definition) is 1. The van der Waals surface area contributed by atoms with E-state index in [0.29, 0.717) is 29.5 Å². The Hall–Kier alpha value is -1.93. The topological polar surface area (TPSA) is 69.7 Å². The van der Waals surface area contributed by atoms with Gasteiger partial charge >= 0.3 is 0 Å². The van der Waals surface area contributed by atoms with E-state index in [1.165, 1.54) is 0 Å². The van der Waals surface area contributed by atoms with E-state index in [-0.39, 0.29) is 5.91 Å². The second-order valence-electron chi connectivity index (χ2n) is 5.15. The summed E-state index contributed by atoms with van der Waals surface area (Å²) in [6, 6.07) is 3.56.